The molecular weight excluding hydrogens is 581 g/mol. The first-order valence-corrected chi connectivity index (χ1v) is 16.4. The molecule has 0 radical (unpaired) electrons. The van der Waals surface area contributed by atoms with E-state index in [0.29, 0.717) is 0 Å². The summed E-state index contributed by atoms with van der Waals surface area (Å²) < 4.78 is 2.41. The summed E-state index contributed by atoms with van der Waals surface area (Å²) in [6.07, 6.45) is 0. The Bertz CT molecular complexity index is 2510. The maximum atomic E-state index is 2.41. The topological polar surface area (TPSA) is 8.17 Å². The predicted octanol–water partition coefficient (Wildman–Crippen LogP) is 12.7. The average Bonchev–Trinajstić information content (AvgIpc) is 3.51. The third-order valence-corrected chi connectivity index (χ3v) is 9.38. The van der Waals surface area contributed by atoms with Crippen LogP contribution < -0.4 is 4.90 Å². The normalized spacial score (nSPS) is 11.3. The molecule has 0 aliphatic carbocycles. The number of para-hydroxylation sites is 2. The number of aromatic nitrogens is 1. The molecule has 0 fully saturated rings. The molecule has 8 aromatic carbocycles. The third-order valence-electron chi connectivity index (χ3n) is 9.38. The van der Waals surface area contributed by atoms with E-state index in [1.54, 1.807) is 0 Å². The minimum Gasteiger partial charge on any atom is -0.311 e. The Kier molecular flexibility index (Phi) is 6.84. The second-order valence-electron chi connectivity index (χ2n) is 12.2. The summed E-state index contributed by atoms with van der Waals surface area (Å²) in [6.45, 7) is 0. The number of hydrogen-bond donors (Lipinski definition) is 0. The number of rotatable bonds is 6. The van der Waals surface area contributed by atoms with E-state index >= 15 is 0 Å². The summed E-state index contributed by atoms with van der Waals surface area (Å²) in [5.74, 6) is 0. The Hall–Kier alpha value is -6.38. The minimum absolute atomic E-state index is 1.11. The summed E-state index contributed by atoms with van der Waals surface area (Å²) in [7, 11) is 0. The average molecular weight is 613 g/mol. The fourth-order valence-corrected chi connectivity index (χ4v) is 7.18. The zero-order valence-electron chi connectivity index (χ0n) is 26.4. The van der Waals surface area contributed by atoms with Gasteiger partial charge in [0.2, 0.25) is 0 Å². The molecule has 0 atom stereocenters. The molecule has 1 heterocycles. The second kappa shape index (κ2) is 11.8. The van der Waals surface area contributed by atoms with Crippen molar-refractivity contribution in [3.63, 3.8) is 0 Å². The molecule has 48 heavy (non-hydrogen) atoms. The molecule has 1 aromatic heterocycles. The highest BCUT2D eigenvalue weighted by atomic mass is 15.1. The van der Waals surface area contributed by atoms with Crippen LogP contribution in [0.5, 0.6) is 0 Å². The van der Waals surface area contributed by atoms with E-state index in [-0.39, 0.29) is 0 Å². The second-order valence-corrected chi connectivity index (χ2v) is 12.2. The molecule has 0 spiro atoms. The van der Waals surface area contributed by atoms with Gasteiger partial charge in [-0.3, -0.25) is 0 Å². The van der Waals surface area contributed by atoms with Crippen molar-refractivity contribution >= 4 is 49.6 Å². The highest BCUT2D eigenvalue weighted by molar-refractivity contribution is 6.24. The van der Waals surface area contributed by atoms with Crippen LogP contribution in [0, 0.1) is 0 Å². The Morgan fingerprint density at radius 1 is 0.333 bits per heavy atom. The van der Waals surface area contributed by atoms with Crippen molar-refractivity contribution in [3.8, 4) is 27.9 Å². The quantitative estimate of drug-likeness (QED) is 0.181. The molecule has 2 nitrogen and oxygen atoms in total. The van der Waals surface area contributed by atoms with E-state index in [0.717, 1.165) is 22.7 Å². The summed E-state index contributed by atoms with van der Waals surface area (Å²) in [5.41, 5.74) is 11.8. The van der Waals surface area contributed by atoms with Gasteiger partial charge in [0.05, 0.1) is 11.0 Å². The van der Waals surface area contributed by atoms with E-state index in [2.05, 4.69) is 204 Å². The number of nitrogens with zero attached hydrogens (tertiary/aromatic N) is 2. The first-order valence-electron chi connectivity index (χ1n) is 16.4. The highest BCUT2D eigenvalue weighted by Gasteiger charge is 2.18. The molecule has 9 aromatic rings. The standard InChI is InChI=1S/C46H32N2/c1-4-13-33(14-5-1)34-23-26-38(27-24-34)47(37-18-8-3-9-19-37)39-28-30-40(31-29-39)48-43-22-11-10-20-42(43)46-44(48)32-25-36-17-12-21-41(45(36)46)35-15-6-2-7-16-35/h1-32H. The first kappa shape index (κ1) is 27.9. The van der Waals surface area contributed by atoms with Gasteiger partial charge < -0.3 is 9.47 Å². The van der Waals surface area contributed by atoms with Crippen molar-refractivity contribution in [1.82, 2.24) is 4.57 Å². The lowest BCUT2D eigenvalue weighted by molar-refractivity contribution is 1.17. The summed E-state index contributed by atoms with van der Waals surface area (Å²) in [4.78, 5) is 2.32. The molecule has 226 valence electrons. The molecule has 0 aliphatic rings. The van der Waals surface area contributed by atoms with E-state index in [9.17, 15) is 0 Å². The van der Waals surface area contributed by atoms with Gasteiger partial charge in [-0.2, -0.15) is 0 Å². The summed E-state index contributed by atoms with van der Waals surface area (Å²) in [6, 6.07) is 69.7. The molecule has 0 N–H and O–H groups in total. The molecular formula is C46H32N2. The molecule has 2 heteroatoms. The van der Waals surface area contributed by atoms with Crippen LogP contribution in [0.4, 0.5) is 17.1 Å². The van der Waals surface area contributed by atoms with Crippen LogP contribution in [0.25, 0.3) is 60.5 Å². The van der Waals surface area contributed by atoms with Crippen molar-refractivity contribution in [3.05, 3.63) is 194 Å². The SMILES string of the molecule is c1ccc(-c2ccc(N(c3ccccc3)c3ccc(-n4c5ccccc5c5c6c(-c7ccccc7)cccc6ccc54)cc3)cc2)cc1. The Balaban J connectivity index is 1.19. The molecule has 0 aliphatic heterocycles. The van der Waals surface area contributed by atoms with E-state index < -0.39 is 0 Å². The number of fused-ring (bicyclic) bond motifs is 5. The van der Waals surface area contributed by atoms with Crippen LogP contribution >= 0.6 is 0 Å². The van der Waals surface area contributed by atoms with Crippen LogP contribution in [0.1, 0.15) is 0 Å². The monoisotopic (exact) mass is 612 g/mol. The van der Waals surface area contributed by atoms with Gasteiger partial charge in [-0.05, 0) is 93.7 Å². The van der Waals surface area contributed by atoms with Gasteiger partial charge in [-0.25, -0.2) is 0 Å². The van der Waals surface area contributed by atoms with Crippen LogP contribution in [0.3, 0.4) is 0 Å². The number of anilines is 3. The van der Waals surface area contributed by atoms with Crippen molar-refractivity contribution in [2.24, 2.45) is 0 Å². The predicted molar refractivity (Wildman–Crippen MR) is 204 cm³/mol. The molecule has 0 unspecified atom stereocenters. The van der Waals surface area contributed by atoms with Crippen molar-refractivity contribution in [2.75, 3.05) is 4.90 Å². The van der Waals surface area contributed by atoms with Gasteiger partial charge in [0.15, 0.2) is 0 Å². The van der Waals surface area contributed by atoms with Crippen LogP contribution in [-0.4, -0.2) is 4.57 Å². The largest absolute Gasteiger partial charge is 0.311 e. The molecule has 0 bridgehead atoms. The Morgan fingerprint density at radius 3 is 1.60 bits per heavy atom. The third kappa shape index (κ3) is 4.74. The smallest absolute Gasteiger partial charge is 0.0547 e. The van der Waals surface area contributed by atoms with Crippen molar-refractivity contribution < 1.29 is 0 Å². The van der Waals surface area contributed by atoms with Crippen LogP contribution in [0.2, 0.25) is 0 Å². The zero-order chi connectivity index (χ0) is 31.9. The fourth-order valence-electron chi connectivity index (χ4n) is 7.18. The Labute approximate surface area is 280 Å². The van der Waals surface area contributed by atoms with Crippen molar-refractivity contribution in [1.29, 1.82) is 0 Å². The molecule has 0 saturated heterocycles. The van der Waals surface area contributed by atoms with Crippen LogP contribution in [-0.2, 0) is 0 Å². The summed E-state index contributed by atoms with van der Waals surface area (Å²) >= 11 is 0. The lowest BCUT2D eigenvalue weighted by Gasteiger charge is -2.26. The molecule has 0 saturated carbocycles. The Morgan fingerprint density at radius 2 is 0.896 bits per heavy atom. The highest BCUT2D eigenvalue weighted by Crippen LogP contribution is 2.42. The molecule has 9 rings (SSSR count). The fraction of sp³-hybridized carbons (Fsp3) is 0. The number of hydrogen-bond acceptors (Lipinski definition) is 1. The van der Waals surface area contributed by atoms with Gasteiger partial charge in [0.1, 0.15) is 0 Å². The van der Waals surface area contributed by atoms with Gasteiger partial charge in [0, 0.05) is 33.5 Å². The first-order chi connectivity index (χ1) is 23.8. The van der Waals surface area contributed by atoms with E-state index in [1.165, 1.54) is 54.8 Å². The number of benzene rings is 8. The van der Waals surface area contributed by atoms with E-state index in [4.69, 9.17) is 0 Å². The lowest BCUT2D eigenvalue weighted by Crippen LogP contribution is -2.10. The van der Waals surface area contributed by atoms with Crippen molar-refractivity contribution in [2.45, 2.75) is 0 Å². The summed E-state index contributed by atoms with van der Waals surface area (Å²) in [5, 5.41) is 5.09. The van der Waals surface area contributed by atoms with Gasteiger partial charge in [-0.1, -0.05) is 133 Å². The van der Waals surface area contributed by atoms with Gasteiger partial charge in [0.25, 0.3) is 0 Å². The maximum absolute atomic E-state index is 2.41. The minimum atomic E-state index is 1.11. The maximum Gasteiger partial charge on any atom is 0.0547 e. The lowest BCUT2D eigenvalue weighted by atomic mass is 9.94. The van der Waals surface area contributed by atoms with Gasteiger partial charge >= 0.3 is 0 Å². The van der Waals surface area contributed by atoms with Gasteiger partial charge in [-0.15, -0.1) is 0 Å². The van der Waals surface area contributed by atoms with E-state index in [1.807, 2.05) is 0 Å². The van der Waals surface area contributed by atoms with Crippen LogP contribution in [0.15, 0.2) is 194 Å². The zero-order valence-corrected chi connectivity index (χ0v) is 26.4. The molecule has 0 amide bonds.